The summed E-state index contributed by atoms with van der Waals surface area (Å²) in [7, 11) is 0. The van der Waals surface area contributed by atoms with Crippen LogP contribution in [0, 0.1) is 0 Å². The molecule has 0 heterocycles. The molecule has 1 atom stereocenters. The zero-order chi connectivity index (χ0) is 15.4. The van der Waals surface area contributed by atoms with E-state index in [2.05, 4.69) is 5.32 Å². The summed E-state index contributed by atoms with van der Waals surface area (Å²) in [5, 5.41) is 12.3. The lowest BCUT2D eigenvalue weighted by molar-refractivity contribution is -0.137. The van der Waals surface area contributed by atoms with E-state index in [4.69, 9.17) is 16.7 Å². The van der Waals surface area contributed by atoms with Gasteiger partial charge in [-0.05, 0) is 43.3 Å². The molecule has 4 nitrogen and oxygen atoms in total. The number of carbonyl (C=O) groups is 2. The van der Waals surface area contributed by atoms with Crippen molar-refractivity contribution in [3.63, 3.8) is 0 Å². The topological polar surface area (TPSA) is 66.4 Å². The van der Waals surface area contributed by atoms with Crippen molar-refractivity contribution in [2.75, 3.05) is 5.32 Å². The predicted molar refractivity (Wildman–Crippen MR) is 82.0 cm³/mol. The molecule has 0 fully saturated rings. The van der Waals surface area contributed by atoms with Crippen LogP contribution < -0.4 is 5.32 Å². The van der Waals surface area contributed by atoms with Gasteiger partial charge >= 0.3 is 5.97 Å². The molecule has 2 aromatic carbocycles. The number of hydrogen-bond acceptors (Lipinski definition) is 3. The number of benzene rings is 2. The number of hydrogen-bond donors (Lipinski definition) is 2. The highest BCUT2D eigenvalue weighted by Crippen LogP contribution is 2.21. The maximum atomic E-state index is 12.5. The predicted octanol–water partition coefficient (Wildman–Crippen LogP) is 3.46. The van der Waals surface area contributed by atoms with Crippen molar-refractivity contribution in [1.29, 1.82) is 0 Å². The summed E-state index contributed by atoms with van der Waals surface area (Å²) in [4.78, 5) is 23.4. The van der Waals surface area contributed by atoms with Crippen LogP contribution in [0.3, 0.4) is 0 Å². The van der Waals surface area contributed by atoms with Gasteiger partial charge in [-0.15, -0.1) is 0 Å². The molecule has 5 heteroatoms. The fraction of sp³-hybridized carbons (Fsp3) is 0.125. The van der Waals surface area contributed by atoms with Gasteiger partial charge in [-0.25, -0.2) is 0 Å². The second kappa shape index (κ2) is 6.41. The Balaban J connectivity index is 2.33. The number of anilines is 1. The number of rotatable bonds is 5. The summed E-state index contributed by atoms with van der Waals surface area (Å²) in [6, 6.07) is 12.6. The van der Waals surface area contributed by atoms with Crippen LogP contribution in [-0.2, 0) is 4.79 Å². The van der Waals surface area contributed by atoms with Crippen molar-refractivity contribution in [2.45, 2.75) is 13.0 Å². The first-order valence-electron chi connectivity index (χ1n) is 6.37. The molecule has 0 saturated carbocycles. The van der Waals surface area contributed by atoms with E-state index >= 15 is 0 Å². The second-order valence-corrected chi connectivity index (χ2v) is 5.02. The molecular weight excluding hydrogens is 290 g/mol. The average Bonchev–Trinajstić information content (AvgIpc) is 2.47. The lowest BCUT2D eigenvalue weighted by Gasteiger charge is -2.14. The second-order valence-electron chi connectivity index (χ2n) is 4.59. The molecule has 0 aliphatic carbocycles. The summed E-state index contributed by atoms with van der Waals surface area (Å²) in [5.74, 6) is -1.17. The van der Waals surface area contributed by atoms with Gasteiger partial charge in [0.15, 0.2) is 5.78 Å². The van der Waals surface area contributed by atoms with Crippen molar-refractivity contribution in [3.05, 3.63) is 64.7 Å². The number of carboxylic acids is 1. The highest BCUT2D eigenvalue weighted by Gasteiger charge is 2.17. The van der Waals surface area contributed by atoms with Crippen LogP contribution in [0.25, 0.3) is 0 Å². The molecule has 0 bridgehead atoms. The molecule has 0 radical (unpaired) electrons. The molecule has 0 aliphatic heterocycles. The minimum absolute atomic E-state index is 0.188. The number of ketones is 1. The van der Waals surface area contributed by atoms with Crippen molar-refractivity contribution < 1.29 is 14.7 Å². The molecule has 0 aromatic heterocycles. The monoisotopic (exact) mass is 303 g/mol. The van der Waals surface area contributed by atoms with Gasteiger partial charge < -0.3 is 10.4 Å². The van der Waals surface area contributed by atoms with Crippen LogP contribution in [0.1, 0.15) is 22.8 Å². The third-order valence-corrected chi connectivity index (χ3v) is 3.27. The molecule has 2 rings (SSSR count). The van der Waals surface area contributed by atoms with Gasteiger partial charge in [-0.1, -0.05) is 23.7 Å². The lowest BCUT2D eigenvalue weighted by atomic mass is 10.0. The first-order valence-corrected chi connectivity index (χ1v) is 6.75. The molecule has 2 N–H and O–H groups in total. The van der Waals surface area contributed by atoms with Crippen LogP contribution in [-0.4, -0.2) is 22.9 Å². The van der Waals surface area contributed by atoms with Crippen LogP contribution in [0.4, 0.5) is 5.69 Å². The number of carboxylic acid groups (broad SMARTS) is 1. The largest absolute Gasteiger partial charge is 0.480 e. The number of nitrogens with one attached hydrogen (secondary N) is 1. The smallest absolute Gasteiger partial charge is 0.325 e. The van der Waals surface area contributed by atoms with E-state index in [1.165, 1.54) is 6.92 Å². The van der Waals surface area contributed by atoms with E-state index in [1.54, 1.807) is 48.5 Å². The number of halogens is 1. The number of aliphatic carboxylic acids is 1. The highest BCUT2D eigenvalue weighted by molar-refractivity contribution is 6.30. The van der Waals surface area contributed by atoms with Crippen LogP contribution in [0.15, 0.2) is 48.5 Å². The van der Waals surface area contributed by atoms with Crippen molar-refractivity contribution in [2.24, 2.45) is 0 Å². The van der Waals surface area contributed by atoms with E-state index < -0.39 is 12.0 Å². The molecule has 108 valence electrons. The third kappa shape index (κ3) is 3.61. The molecule has 0 amide bonds. The standard InChI is InChI=1S/C16H14ClNO3/c1-10(16(20)21)18-14-5-3-2-4-13(14)15(19)11-6-8-12(17)9-7-11/h2-10,18H,1H3,(H,20,21). The first kappa shape index (κ1) is 15.1. The first-order chi connectivity index (χ1) is 9.99. The van der Waals surface area contributed by atoms with Crippen molar-refractivity contribution in [1.82, 2.24) is 0 Å². The summed E-state index contributed by atoms with van der Waals surface area (Å²) < 4.78 is 0. The number of para-hydroxylation sites is 1. The van der Waals surface area contributed by atoms with Gasteiger partial charge in [0.05, 0.1) is 0 Å². The Hall–Kier alpha value is -2.33. The number of carbonyl (C=O) groups excluding carboxylic acids is 1. The maximum Gasteiger partial charge on any atom is 0.325 e. The zero-order valence-corrected chi connectivity index (χ0v) is 12.1. The fourth-order valence-electron chi connectivity index (χ4n) is 1.86. The Morgan fingerprint density at radius 1 is 1.10 bits per heavy atom. The van der Waals surface area contributed by atoms with E-state index in [-0.39, 0.29) is 5.78 Å². The van der Waals surface area contributed by atoms with Gasteiger partial charge in [0.1, 0.15) is 6.04 Å². The Kier molecular flexibility index (Phi) is 4.60. The molecule has 0 saturated heterocycles. The minimum atomic E-state index is -0.983. The fourth-order valence-corrected chi connectivity index (χ4v) is 1.98. The molecular formula is C16H14ClNO3. The lowest BCUT2D eigenvalue weighted by Crippen LogP contribution is -2.26. The van der Waals surface area contributed by atoms with Crippen molar-refractivity contribution >= 4 is 29.0 Å². The Bertz CT molecular complexity index is 667. The quantitative estimate of drug-likeness (QED) is 0.830. The minimum Gasteiger partial charge on any atom is -0.480 e. The Morgan fingerprint density at radius 3 is 2.33 bits per heavy atom. The Morgan fingerprint density at radius 2 is 1.71 bits per heavy atom. The summed E-state index contributed by atoms with van der Waals surface area (Å²) in [6.07, 6.45) is 0. The average molecular weight is 304 g/mol. The summed E-state index contributed by atoms with van der Waals surface area (Å²) in [6.45, 7) is 1.52. The van der Waals surface area contributed by atoms with E-state index in [1.807, 2.05) is 0 Å². The summed E-state index contributed by atoms with van der Waals surface area (Å²) >= 11 is 5.81. The van der Waals surface area contributed by atoms with Gasteiger partial charge in [0.2, 0.25) is 0 Å². The molecule has 21 heavy (non-hydrogen) atoms. The molecule has 1 unspecified atom stereocenters. The SMILES string of the molecule is CC(Nc1ccccc1C(=O)c1ccc(Cl)cc1)C(=O)O. The third-order valence-electron chi connectivity index (χ3n) is 3.02. The van der Waals surface area contributed by atoms with E-state index in [0.717, 1.165) is 0 Å². The van der Waals surface area contributed by atoms with Crippen LogP contribution >= 0.6 is 11.6 Å². The van der Waals surface area contributed by atoms with Gasteiger partial charge in [-0.2, -0.15) is 0 Å². The normalized spacial score (nSPS) is 11.7. The van der Waals surface area contributed by atoms with Gasteiger partial charge in [0.25, 0.3) is 0 Å². The van der Waals surface area contributed by atoms with E-state index in [0.29, 0.717) is 21.8 Å². The van der Waals surface area contributed by atoms with Gasteiger partial charge in [0, 0.05) is 21.8 Å². The molecule has 2 aromatic rings. The molecule has 0 aliphatic rings. The zero-order valence-electron chi connectivity index (χ0n) is 11.3. The van der Waals surface area contributed by atoms with Crippen molar-refractivity contribution in [3.8, 4) is 0 Å². The maximum absolute atomic E-state index is 12.5. The highest BCUT2D eigenvalue weighted by atomic mass is 35.5. The van der Waals surface area contributed by atoms with Gasteiger partial charge in [-0.3, -0.25) is 9.59 Å². The van der Waals surface area contributed by atoms with Crippen LogP contribution in [0.5, 0.6) is 0 Å². The van der Waals surface area contributed by atoms with E-state index in [9.17, 15) is 9.59 Å². The molecule has 0 spiro atoms. The summed E-state index contributed by atoms with van der Waals surface area (Å²) in [5.41, 5.74) is 1.41. The Labute approximate surface area is 127 Å². The van der Waals surface area contributed by atoms with Crippen LogP contribution in [0.2, 0.25) is 5.02 Å².